The number of phenolic OH excluding ortho intramolecular Hbond substituents is 1. The Kier molecular flexibility index (Phi) is 4.15. The molecule has 0 bridgehead atoms. The van der Waals surface area contributed by atoms with Crippen molar-refractivity contribution in [3.63, 3.8) is 0 Å². The summed E-state index contributed by atoms with van der Waals surface area (Å²) in [6.45, 7) is 3.13. The lowest BCUT2D eigenvalue weighted by molar-refractivity contribution is 0.298. The predicted octanol–water partition coefficient (Wildman–Crippen LogP) is 1.57. The van der Waals surface area contributed by atoms with Gasteiger partial charge >= 0.3 is 0 Å². The van der Waals surface area contributed by atoms with E-state index in [1.165, 1.54) is 0 Å². The fourth-order valence-corrected chi connectivity index (χ4v) is 1.60. The fourth-order valence-electron chi connectivity index (χ4n) is 1.60. The van der Waals surface area contributed by atoms with Gasteiger partial charge in [-0.3, -0.25) is 0 Å². The van der Waals surface area contributed by atoms with Crippen LogP contribution in [-0.2, 0) is 6.54 Å². The van der Waals surface area contributed by atoms with E-state index in [4.69, 9.17) is 11.0 Å². The first kappa shape index (κ1) is 12.3. The van der Waals surface area contributed by atoms with E-state index in [0.29, 0.717) is 18.8 Å². The second-order valence-electron chi connectivity index (χ2n) is 4.12. The van der Waals surface area contributed by atoms with Gasteiger partial charge in [0.05, 0.1) is 12.0 Å². The summed E-state index contributed by atoms with van der Waals surface area (Å²) in [5, 5.41) is 18.3. The smallest absolute Gasteiger partial charge is 0.120 e. The number of hydrogen-bond acceptors (Lipinski definition) is 4. The van der Waals surface area contributed by atoms with Crippen LogP contribution in [0, 0.1) is 17.2 Å². The Balaban J connectivity index is 2.66. The summed E-state index contributed by atoms with van der Waals surface area (Å²) in [4.78, 5) is 1.99. The molecule has 1 atom stereocenters. The van der Waals surface area contributed by atoms with E-state index >= 15 is 0 Å². The number of nitrogens with zero attached hydrogens (tertiary/aromatic N) is 2. The molecule has 0 spiro atoms. The molecular formula is C12H17N3O. The molecule has 0 heterocycles. The normalized spacial score (nSPS) is 12.4. The summed E-state index contributed by atoms with van der Waals surface area (Å²) in [5.41, 5.74) is 7.07. The Hall–Kier alpha value is -1.73. The Labute approximate surface area is 95.9 Å². The van der Waals surface area contributed by atoms with Crippen molar-refractivity contribution in [1.82, 2.24) is 4.90 Å². The van der Waals surface area contributed by atoms with Gasteiger partial charge < -0.3 is 15.7 Å². The zero-order valence-electron chi connectivity index (χ0n) is 9.64. The van der Waals surface area contributed by atoms with Crippen molar-refractivity contribution in [2.45, 2.75) is 13.5 Å². The van der Waals surface area contributed by atoms with Gasteiger partial charge in [0.2, 0.25) is 0 Å². The third kappa shape index (κ3) is 3.44. The van der Waals surface area contributed by atoms with Crippen LogP contribution in [0.3, 0.4) is 0 Å². The Morgan fingerprint density at radius 3 is 2.88 bits per heavy atom. The van der Waals surface area contributed by atoms with E-state index in [1.54, 1.807) is 18.2 Å². The molecular weight excluding hydrogens is 202 g/mol. The summed E-state index contributed by atoms with van der Waals surface area (Å²) in [7, 11) is 1.91. The van der Waals surface area contributed by atoms with Gasteiger partial charge in [-0.1, -0.05) is 0 Å². The fraction of sp³-hybridized carbons (Fsp3) is 0.417. The van der Waals surface area contributed by atoms with E-state index in [2.05, 4.69) is 6.07 Å². The zero-order chi connectivity index (χ0) is 12.1. The largest absolute Gasteiger partial charge is 0.508 e. The molecule has 0 saturated heterocycles. The maximum atomic E-state index is 9.63. The van der Waals surface area contributed by atoms with Gasteiger partial charge in [-0.05, 0) is 32.2 Å². The highest BCUT2D eigenvalue weighted by atomic mass is 16.3. The minimum atomic E-state index is -0.0202. The molecule has 86 valence electrons. The van der Waals surface area contributed by atoms with Gasteiger partial charge in [0.25, 0.3) is 0 Å². The van der Waals surface area contributed by atoms with Gasteiger partial charge in [-0.2, -0.15) is 5.26 Å². The van der Waals surface area contributed by atoms with Crippen LogP contribution in [0.1, 0.15) is 12.5 Å². The topological polar surface area (TPSA) is 73.3 Å². The summed E-state index contributed by atoms with van der Waals surface area (Å²) >= 11 is 0. The molecule has 1 aromatic carbocycles. The van der Waals surface area contributed by atoms with E-state index in [0.717, 1.165) is 5.56 Å². The number of anilines is 1. The first-order valence-electron chi connectivity index (χ1n) is 5.18. The SMILES string of the molecule is CC(C#N)CN(C)Cc1cc(N)ccc1O. The summed E-state index contributed by atoms with van der Waals surface area (Å²) in [5.74, 6) is 0.221. The standard InChI is InChI=1S/C12H17N3O/c1-9(6-13)7-15(2)8-10-5-11(14)3-4-12(10)16/h3-5,9,16H,7-8,14H2,1-2H3. The molecule has 4 nitrogen and oxygen atoms in total. The highest BCUT2D eigenvalue weighted by Crippen LogP contribution is 2.21. The van der Waals surface area contributed by atoms with Gasteiger partial charge in [-0.15, -0.1) is 0 Å². The van der Waals surface area contributed by atoms with Crippen molar-refractivity contribution in [3.8, 4) is 11.8 Å². The Morgan fingerprint density at radius 1 is 1.56 bits per heavy atom. The average molecular weight is 219 g/mol. The average Bonchev–Trinajstić information content (AvgIpc) is 2.23. The van der Waals surface area contributed by atoms with Crippen molar-refractivity contribution in [1.29, 1.82) is 5.26 Å². The third-order valence-corrected chi connectivity index (χ3v) is 2.35. The number of nitriles is 1. The molecule has 0 aliphatic heterocycles. The molecule has 3 N–H and O–H groups in total. The number of nitrogen functional groups attached to an aromatic ring is 1. The number of phenols is 1. The zero-order valence-corrected chi connectivity index (χ0v) is 9.64. The van der Waals surface area contributed by atoms with E-state index in [-0.39, 0.29) is 11.7 Å². The monoisotopic (exact) mass is 219 g/mol. The Morgan fingerprint density at radius 2 is 2.25 bits per heavy atom. The van der Waals surface area contributed by atoms with E-state index in [9.17, 15) is 5.11 Å². The number of rotatable bonds is 4. The summed E-state index contributed by atoms with van der Waals surface area (Å²) in [6, 6.07) is 7.18. The highest BCUT2D eigenvalue weighted by molar-refractivity contribution is 5.47. The van der Waals surface area contributed by atoms with Gasteiger partial charge in [0.15, 0.2) is 0 Å². The second-order valence-corrected chi connectivity index (χ2v) is 4.12. The lowest BCUT2D eigenvalue weighted by atomic mass is 10.1. The lowest BCUT2D eigenvalue weighted by Gasteiger charge is -2.18. The van der Waals surface area contributed by atoms with Crippen molar-refractivity contribution in [3.05, 3.63) is 23.8 Å². The van der Waals surface area contributed by atoms with Crippen molar-refractivity contribution < 1.29 is 5.11 Å². The third-order valence-electron chi connectivity index (χ3n) is 2.35. The van der Waals surface area contributed by atoms with Crippen LogP contribution in [0.4, 0.5) is 5.69 Å². The predicted molar refractivity (Wildman–Crippen MR) is 63.6 cm³/mol. The molecule has 0 radical (unpaired) electrons. The minimum Gasteiger partial charge on any atom is -0.508 e. The molecule has 0 aromatic heterocycles. The van der Waals surface area contributed by atoms with Crippen LogP contribution in [0.2, 0.25) is 0 Å². The van der Waals surface area contributed by atoms with Gasteiger partial charge in [0.1, 0.15) is 5.75 Å². The van der Waals surface area contributed by atoms with Gasteiger partial charge in [-0.25, -0.2) is 0 Å². The molecule has 1 unspecified atom stereocenters. The molecule has 0 amide bonds. The first-order chi connectivity index (χ1) is 7.52. The first-order valence-corrected chi connectivity index (χ1v) is 5.18. The van der Waals surface area contributed by atoms with E-state index < -0.39 is 0 Å². The van der Waals surface area contributed by atoms with Crippen LogP contribution < -0.4 is 5.73 Å². The highest BCUT2D eigenvalue weighted by Gasteiger charge is 2.08. The number of benzene rings is 1. The van der Waals surface area contributed by atoms with Crippen LogP contribution >= 0.6 is 0 Å². The van der Waals surface area contributed by atoms with Crippen LogP contribution in [0.5, 0.6) is 5.75 Å². The second kappa shape index (κ2) is 5.38. The molecule has 4 heteroatoms. The van der Waals surface area contributed by atoms with Crippen molar-refractivity contribution >= 4 is 5.69 Å². The number of hydrogen-bond donors (Lipinski definition) is 2. The minimum absolute atomic E-state index is 0.0202. The molecule has 0 aliphatic carbocycles. The number of aromatic hydroxyl groups is 1. The maximum absolute atomic E-state index is 9.63. The van der Waals surface area contributed by atoms with Crippen LogP contribution in [0.15, 0.2) is 18.2 Å². The molecule has 0 aliphatic rings. The Bertz CT molecular complexity index is 398. The summed E-state index contributed by atoms with van der Waals surface area (Å²) in [6.07, 6.45) is 0. The molecule has 1 aromatic rings. The lowest BCUT2D eigenvalue weighted by Crippen LogP contribution is -2.23. The maximum Gasteiger partial charge on any atom is 0.120 e. The van der Waals surface area contributed by atoms with Crippen LogP contribution in [0.25, 0.3) is 0 Å². The van der Waals surface area contributed by atoms with E-state index in [1.807, 2.05) is 18.9 Å². The van der Waals surface area contributed by atoms with Crippen molar-refractivity contribution in [2.24, 2.45) is 5.92 Å². The molecule has 1 rings (SSSR count). The summed E-state index contributed by atoms with van der Waals surface area (Å²) < 4.78 is 0. The molecule has 0 saturated carbocycles. The molecule has 16 heavy (non-hydrogen) atoms. The van der Waals surface area contributed by atoms with Gasteiger partial charge in [0, 0.05) is 24.3 Å². The van der Waals surface area contributed by atoms with Crippen LogP contribution in [-0.4, -0.2) is 23.6 Å². The van der Waals surface area contributed by atoms with Crippen molar-refractivity contribution in [2.75, 3.05) is 19.3 Å². The quantitative estimate of drug-likeness (QED) is 0.595. The molecule has 0 fully saturated rings. The number of nitrogens with two attached hydrogens (primary N) is 1.